The van der Waals surface area contributed by atoms with Gasteiger partial charge in [-0.25, -0.2) is 14.5 Å². The predicted octanol–water partition coefficient (Wildman–Crippen LogP) is 1.10. The molecule has 0 unspecified atom stereocenters. The third kappa shape index (κ3) is 1.99. The van der Waals surface area contributed by atoms with Crippen LogP contribution in [0.3, 0.4) is 0 Å². The summed E-state index contributed by atoms with van der Waals surface area (Å²) in [6.07, 6.45) is 5.45. The molecule has 1 heterocycles. The molecule has 0 bridgehead atoms. The van der Waals surface area contributed by atoms with Gasteiger partial charge in [-0.3, -0.25) is 4.79 Å². The van der Waals surface area contributed by atoms with E-state index in [2.05, 4.69) is 5.32 Å². The monoisotopic (exact) mass is 266 g/mol. The van der Waals surface area contributed by atoms with Gasteiger partial charge in [-0.15, -0.1) is 0 Å². The third-order valence-corrected chi connectivity index (χ3v) is 4.50. The molecule has 0 aromatic carbocycles. The van der Waals surface area contributed by atoms with Crippen LogP contribution in [0.2, 0.25) is 0 Å². The van der Waals surface area contributed by atoms with Crippen LogP contribution in [0.5, 0.6) is 0 Å². The number of imide groups is 1. The number of nitrogens with one attached hydrogen (secondary N) is 1. The van der Waals surface area contributed by atoms with E-state index in [1.165, 1.54) is 0 Å². The van der Waals surface area contributed by atoms with Gasteiger partial charge in [0.2, 0.25) is 0 Å². The van der Waals surface area contributed by atoms with Crippen molar-refractivity contribution in [3.05, 3.63) is 0 Å². The molecule has 6 heteroatoms. The second-order valence-corrected chi connectivity index (χ2v) is 5.93. The minimum absolute atomic E-state index is 0.331. The smallest absolute Gasteiger partial charge is 0.327 e. The average Bonchev–Trinajstić information content (AvgIpc) is 2.99. The number of hydrogen-bond donors (Lipinski definition) is 2. The molecule has 6 nitrogen and oxygen atoms in total. The Morgan fingerprint density at radius 3 is 2.53 bits per heavy atom. The van der Waals surface area contributed by atoms with E-state index >= 15 is 0 Å². The summed E-state index contributed by atoms with van der Waals surface area (Å²) in [5, 5.41) is 12.0. The maximum absolute atomic E-state index is 12.5. The van der Waals surface area contributed by atoms with Crippen molar-refractivity contribution in [3.8, 4) is 0 Å². The summed E-state index contributed by atoms with van der Waals surface area (Å²) in [6, 6.07) is -1.53. The fraction of sp³-hybridized carbons (Fsp3) is 0.769. The molecule has 2 N–H and O–H groups in total. The molecule has 3 aliphatic rings. The molecular weight excluding hydrogens is 248 g/mol. The van der Waals surface area contributed by atoms with E-state index < -0.39 is 23.6 Å². The Balaban J connectivity index is 1.83. The van der Waals surface area contributed by atoms with Crippen molar-refractivity contribution in [1.29, 1.82) is 0 Å². The maximum Gasteiger partial charge on any atom is 0.327 e. The van der Waals surface area contributed by atoms with Gasteiger partial charge >= 0.3 is 12.0 Å². The fourth-order valence-corrected chi connectivity index (χ4v) is 3.23. The molecule has 0 radical (unpaired) electrons. The fourth-order valence-electron chi connectivity index (χ4n) is 3.23. The van der Waals surface area contributed by atoms with Gasteiger partial charge in [0, 0.05) is 0 Å². The summed E-state index contributed by atoms with van der Waals surface area (Å²) < 4.78 is 0. The summed E-state index contributed by atoms with van der Waals surface area (Å²) >= 11 is 0. The molecule has 1 saturated heterocycles. The summed E-state index contributed by atoms with van der Waals surface area (Å²) in [7, 11) is 0. The first kappa shape index (κ1) is 12.4. The Morgan fingerprint density at radius 2 is 2.00 bits per heavy atom. The van der Waals surface area contributed by atoms with E-state index in [1.807, 2.05) is 0 Å². The lowest BCUT2D eigenvalue weighted by molar-refractivity contribution is -0.148. The van der Waals surface area contributed by atoms with E-state index in [1.54, 1.807) is 0 Å². The standard InChI is InChI=1S/C13H18N2O4/c16-10(17)9(7-8-3-4-8)15-11(18)13(14-12(15)19)5-1-2-6-13/h8-9H,1-7H2,(H,14,19)(H,16,17)/t9-/m1/s1. The van der Waals surface area contributed by atoms with E-state index in [0.717, 1.165) is 30.6 Å². The molecule has 1 spiro atoms. The lowest BCUT2D eigenvalue weighted by atomic mass is 9.97. The second kappa shape index (κ2) is 4.21. The van der Waals surface area contributed by atoms with Crippen LogP contribution in [-0.2, 0) is 9.59 Å². The van der Waals surface area contributed by atoms with Gasteiger partial charge in [0.25, 0.3) is 5.91 Å². The largest absolute Gasteiger partial charge is 0.480 e. The average molecular weight is 266 g/mol. The molecule has 3 amide bonds. The molecule has 19 heavy (non-hydrogen) atoms. The number of amides is 3. The Bertz CT molecular complexity index is 438. The van der Waals surface area contributed by atoms with Crippen molar-refractivity contribution >= 4 is 17.9 Å². The van der Waals surface area contributed by atoms with Crippen LogP contribution in [-0.4, -0.2) is 39.5 Å². The van der Waals surface area contributed by atoms with Crippen LogP contribution in [0.4, 0.5) is 4.79 Å². The SMILES string of the molecule is O=C(O)[C@@H](CC1CC1)N1C(=O)NC2(CCCC2)C1=O. The van der Waals surface area contributed by atoms with Gasteiger partial charge in [0.05, 0.1) is 0 Å². The molecule has 3 rings (SSSR count). The summed E-state index contributed by atoms with van der Waals surface area (Å²) in [5.41, 5.74) is -0.811. The van der Waals surface area contributed by atoms with Gasteiger partial charge in [-0.1, -0.05) is 25.7 Å². The zero-order valence-corrected chi connectivity index (χ0v) is 10.7. The van der Waals surface area contributed by atoms with Crippen LogP contribution >= 0.6 is 0 Å². The van der Waals surface area contributed by atoms with Crippen LogP contribution in [0.1, 0.15) is 44.9 Å². The number of urea groups is 1. The van der Waals surface area contributed by atoms with E-state index in [0.29, 0.717) is 25.2 Å². The highest BCUT2D eigenvalue weighted by Gasteiger charge is 2.55. The molecule has 0 aromatic heterocycles. The molecule has 104 valence electrons. The van der Waals surface area contributed by atoms with E-state index in [9.17, 15) is 19.5 Å². The topological polar surface area (TPSA) is 86.7 Å². The number of rotatable bonds is 4. The van der Waals surface area contributed by atoms with Crippen LogP contribution in [0, 0.1) is 5.92 Å². The van der Waals surface area contributed by atoms with Crippen molar-refractivity contribution in [2.45, 2.75) is 56.5 Å². The van der Waals surface area contributed by atoms with Crippen LogP contribution in [0.25, 0.3) is 0 Å². The molecule has 2 aliphatic carbocycles. The lowest BCUT2D eigenvalue weighted by Crippen LogP contribution is -2.48. The Labute approximate surface area is 111 Å². The number of nitrogens with zero attached hydrogens (tertiary/aromatic N) is 1. The first-order valence-corrected chi connectivity index (χ1v) is 6.92. The van der Waals surface area contributed by atoms with Gasteiger partial charge in [0.1, 0.15) is 11.6 Å². The van der Waals surface area contributed by atoms with Crippen LogP contribution < -0.4 is 5.32 Å². The molecule has 0 aromatic rings. The maximum atomic E-state index is 12.5. The number of carbonyl (C=O) groups excluding carboxylic acids is 2. The van der Waals surface area contributed by atoms with Crippen molar-refractivity contribution in [2.24, 2.45) is 5.92 Å². The zero-order valence-electron chi connectivity index (χ0n) is 10.7. The lowest BCUT2D eigenvalue weighted by Gasteiger charge is -2.24. The predicted molar refractivity (Wildman–Crippen MR) is 65.3 cm³/mol. The highest BCUT2D eigenvalue weighted by Crippen LogP contribution is 2.39. The zero-order chi connectivity index (χ0) is 13.6. The summed E-state index contributed by atoms with van der Waals surface area (Å²) in [5.74, 6) is -1.06. The van der Waals surface area contributed by atoms with Crippen molar-refractivity contribution < 1.29 is 19.5 Å². The summed E-state index contributed by atoms with van der Waals surface area (Å²) in [4.78, 5) is 36.8. The first-order chi connectivity index (χ1) is 9.03. The minimum atomic E-state index is -1.08. The minimum Gasteiger partial charge on any atom is -0.480 e. The van der Waals surface area contributed by atoms with Crippen LogP contribution in [0.15, 0.2) is 0 Å². The van der Waals surface area contributed by atoms with E-state index in [4.69, 9.17) is 0 Å². The van der Waals surface area contributed by atoms with Gasteiger partial charge < -0.3 is 10.4 Å². The second-order valence-electron chi connectivity index (χ2n) is 5.93. The number of carboxylic acid groups (broad SMARTS) is 1. The Kier molecular flexibility index (Phi) is 2.76. The Morgan fingerprint density at radius 1 is 1.37 bits per heavy atom. The Hall–Kier alpha value is -1.59. The highest BCUT2D eigenvalue weighted by atomic mass is 16.4. The molecule has 1 aliphatic heterocycles. The van der Waals surface area contributed by atoms with Gasteiger partial charge in [-0.2, -0.15) is 0 Å². The quantitative estimate of drug-likeness (QED) is 0.746. The highest BCUT2D eigenvalue weighted by molar-refractivity contribution is 6.09. The van der Waals surface area contributed by atoms with E-state index in [-0.39, 0.29) is 5.91 Å². The van der Waals surface area contributed by atoms with Gasteiger partial charge in [-0.05, 0) is 25.2 Å². The van der Waals surface area contributed by atoms with Crippen molar-refractivity contribution in [1.82, 2.24) is 10.2 Å². The summed E-state index contributed by atoms with van der Waals surface area (Å²) in [6.45, 7) is 0. The first-order valence-electron chi connectivity index (χ1n) is 6.92. The van der Waals surface area contributed by atoms with Gasteiger partial charge in [0.15, 0.2) is 0 Å². The molecule has 2 saturated carbocycles. The normalized spacial score (nSPS) is 26.8. The molecular formula is C13H18N2O4. The number of carbonyl (C=O) groups is 3. The molecule has 1 atom stereocenters. The third-order valence-electron chi connectivity index (χ3n) is 4.50. The van der Waals surface area contributed by atoms with Crippen molar-refractivity contribution in [2.75, 3.05) is 0 Å². The number of carboxylic acids is 1. The van der Waals surface area contributed by atoms with Crippen molar-refractivity contribution in [3.63, 3.8) is 0 Å². The number of aliphatic carboxylic acids is 1. The number of hydrogen-bond acceptors (Lipinski definition) is 3. The molecule has 3 fully saturated rings.